The minimum atomic E-state index is -0.772. The van der Waals surface area contributed by atoms with E-state index in [-0.39, 0.29) is 23.8 Å². The third-order valence-corrected chi connectivity index (χ3v) is 4.19. The Hall–Kier alpha value is -1.10. The van der Waals surface area contributed by atoms with Gasteiger partial charge in [0.2, 0.25) is 5.91 Å². The van der Waals surface area contributed by atoms with Gasteiger partial charge >= 0.3 is 5.97 Å². The summed E-state index contributed by atoms with van der Waals surface area (Å²) in [7, 11) is 0. The van der Waals surface area contributed by atoms with Gasteiger partial charge in [-0.2, -0.15) is 0 Å². The van der Waals surface area contributed by atoms with E-state index in [9.17, 15) is 9.59 Å². The fraction of sp³-hybridized carbons (Fsp3) is 0.857. The molecule has 0 aromatic rings. The molecule has 1 saturated heterocycles. The maximum Gasteiger partial charge on any atom is 0.306 e. The first-order valence-electron chi connectivity index (χ1n) is 7.29. The largest absolute Gasteiger partial charge is 0.481 e. The van der Waals surface area contributed by atoms with Crippen LogP contribution in [-0.4, -0.2) is 36.2 Å². The van der Waals surface area contributed by atoms with Crippen molar-refractivity contribution in [3.8, 4) is 0 Å². The summed E-state index contributed by atoms with van der Waals surface area (Å²) < 4.78 is 5.60. The standard InChI is InChI=1S/C14H23NO4/c16-13(10-4-5-11(9-10)14(17)18)15-7-6-12-3-1-2-8-19-12/h10-12H,1-9H2,(H,15,16)(H,17,18). The molecule has 1 saturated carbocycles. The van der Waals surface area contributed by atoms with E-state index in [2.05, 4.69) is 5.32 Å². The molecule has 19 heavy (non-hydrogen) atoms. The molecule has 1 aliphatic heterocycles. The number of carboxylic acids is 1. The van der Waals surface area contributed by atoms with Crippen molar-refractivity contribution >= 4 is 11.9 Å². The highest BCUT2D eigenvalue weighted by molar-refractivity contribution is 5.80. The van der Waals surface area contributed by atoms with Gasteiger partial charge in [0.25, 0.3) is 0 Å². The number of carbonyl (C=O) groups is 2. The van der Waals surface area contributed by atoms with Crippen molar-refractivity contribution in [2.45, 2.75) is 51.0 Å². The van der Waals surface area contributed by atoms with Crippen LogP contribution >= 0.6 is 0 Å². The SMILES string of the molecule is O=C(O)C1CCC(C(=O)NCCC2CCCCO2)C1. The van der Waals surface area contributed by atoms with Gasteiger partial charge in [-0.1, -0.05) is 0 Å². The Morgan fingerprint density at radius 3 is 2.58 bits per heavy atom. The number of nitrogens with one attached hydrogen (secondary N) is 1. The molecule has 1 amide bonds. The normalized spacial score (nSPS) is 31.1. The van der Waals surface area contributed by atoms with Crippen molar-refractivity contribution in [2.24, 2.45) is 11.8 Å². The number of aliphatic carboxylic acids is 1. The van der Waals surface area contributed by atoms with E-state index < -0.39 is 5.97 Å². The van der Waals surface area contributed by atoms with E-state index in [1.807, 2.05) is 0 Å². The lowest BCUT2D eigenvalue weighted by molar-refractivity contribution is -0.141. The fourth-order valence-corrected chi connectivity index (χ4v) is 2.98. The van der Waals surface area contributed by atoms with Crippen LogP contribution in [0.1, 0.15) is 44.9 Å². The lowest BCUT2D eigenvalue weighted by atomic mass is 10.0. The van der Waals surface area contributed by atoms with Crippen LogP contribution in [0.2, 0.25) is 0 Å². The molecule has 5 nitrogen and oxygen atoms in total. The van der Waals surface area contributed by atoms with Gasteiger partial charge in [-0.25, -0.2) is 0 Å². The highest BCUT2D eigenvalue weighted by Crippen LogP contribution is 2.31. The molecule has 0 radical (unpaired) electrons. The highest BCUT2D eigenvalue weighted by atomic mass is 16.5. The maximum atomic E-state index is 11.9. The molecule has 2 rings (SSSR count). The molecule has 108 valence electrons. The van der Waals surface area contributed by atoms with Gasteiger partial charge in [0.1, 0.15) is 0 Å². The van der Waals surface area contributed by atoms with Crippen molar-refractivity contribution in [3.63, 3.8) is 0 Å². The second kappa shape index (κ2) is 6.89. The van der Waals surface area contributed by atoms with Gasteiger partial charge in [0.05, 0.1) is 12.0 Å². The Bertz CT molecular complexity index is 325. The van der Waals surface area contributed by atoms with Gasteiger partial charge < -0.3 is 15.2 Å². The summed E-state index contributed by atoms with van der Waals surface area (Å²) in [5, 5.41) is 11.8. The summed E-state index contributed by atoms with van der Waals surface area (Å²) in [6.07, 6.45) is 6.39. The first kappa shape index (κ1) is 14.3. The van der Waals surface area contributed by atoms with Crippen LogP contribution < -0.4 is 5.32 Å². The number of hydrogen-bond acceptors (Lipinski definition) is 3. The van der Waals surface area contributed by atoms with Crippen LogP contribution in [0, 0.1) is 11.8 Å². The van der Waals surface area contributed by atoms with Crippen LogP contribution in [0.5, 0.6) is 0 Å². The molecule has 0 aromatic carbocycles. The summed E-state index contributed by atoms with van der Waals surface area (Å²) in [5.41, 5.74) is 0. The third kappa shape index (κ3) is 4.20. The summed E-state index contributed by atoms with van der Waals surface area (Å²) in [4.78, 5) is 22.8. The smallest absolute Gasteiger partial charge is 0.306 e. The van der Waals surface area contributed by atoms with Gasteiger partial charge in [-0.15, -0.1) is 0 Å². The van der Waals surface area contributed by atoms with Crippen molar-refractivity contribution in [1.82, 2.24) is 5.32 Å². The van der Waals surface area contributed by atoms with Gasteiger partial charge in [-0.05, 0) is 44.9 Å². The average molecular weight is 269 g/mol. The maximum absolute atomic E-state index is 11.9. The van der Waals surface area contributed by atoms with E-state index in [0.29, 0.717) is 25.8 Å². The number of rotatable bonds is 5. The topological polar surface area (TPSA) is 75.6 Å². The van der Waals surface area contributed by atoms with Crippen LogP contribution in [-0.2, 0) is 14.3 Å². The minimum Gasteiger partial charge on any atom is -0.481 e. The van der Waals surface area contributed by atoms with E-state index in [4.69, 9.17) is 9.84 Å². The Morgan fingerprint density at radius 2 is 1.95 bits per heavy atom. The number of hydrogen-bond donors (Lipinski definition) is 2. The Labute approximate surface area is 113 Å². The van der Waals surface area contributed by atoms with Crippen molar-refractivity contribution in [1.29, 1.82) is 0 Å². The summed E-state index contributed by atoms with van der Waals surface area (Å²) in [6, 6.07) is 0. The number of ether oxygens (including phenoxy) is 1. The number of carbonyl (C=O) groups excluding carboxylic acids is 1. The predicted octanol–water partition coefficient (Wildman–Crippen LogP) is 1.56. The minimum absolute atomic E-state index is 0.0135. The van der Waals surface area contributed by atoms with Gasteiger partial charge in [0.15, 0.2) is 0 Å². The molecule has 2 N–H and O–H groups in total. The Balaban J connectivity index is 1.63. The zero-order chi connectivity index (χ0) is 13.7. The quantitative estimate of drug-likeness (QED) is 0.794. The Kier molecular flexibility index (Phi) is 5.19. The molecule has 0 bridgehead atoms. The van der Waals surface area contributed by atoms with E-state index in [1.54, 1.807) is 0 Å². The molecule has 0 spiro atoms. The molecule has 3 unspecified atom stereocenters. The molecular formula is C14H23NO4. The van der Waals surface area contributed by atoms with E-state index in [0.717, 1.165) is 25.9 Å². The molecule has 2 fully saturated rings. The predicted molar refractivity (Wildman–Crippen MR) is 69.7 cm³/mol. The molecular weight excluding hydrogens is 246 g/mol. The summed E-state index contributed by atoms with van der Waals surface area (Å²) in [5.74, 6) is -1.21. The van der Waals surface area contributed by atoms with Gasteiger partial charge in [-0.3, -0.25) is 9.59 Å². The van der Waals surface area contributed by atoms with Crippen molar-refractivity contribution < 1.29 is 19.4 Å². The highest BCUT2D eigenvalue weighted by Gasteiger charge is 2.33. The summed E-state index contributed by atoms with van der Waals surface area (Å²) in [6.45, 7) is 1.47. The fourth-order valence-electron chi connectivity index (χ4n) is 2.98. The van der Waals surface area contributed by atoms with Crippen LogP contribution in [0.3, 0.4) is 0 Å². The van der Waals surface area contributed by atoms with E-state index >= 15 is 0 Å². The van der Waals surface area contributed by atoms with Gasteiger partial charge in [0, 0.05) is 19.1 Å². The molecule has 2 aliphatic rings. The monoisotopic (exact) mass is 269 g/mol. The lowest BCUT2D eigenvalue weighted by Crippen LogP contribution is -2.33. The second-order valence-electron chi connectivity index (χ2n) is 5.61. The first-order chi connectivity index (χ1) is 9.16. The van der Waals surface area contributed by atoms with Crippen LogP contribution in [0.15, 0.2) is 0 Å². The molecule has 0 aromatic heterocycles. The molecule has 1 aliphatic carbocycles. The molecule has 1 heterocycles. The number of carboxylic acid groups (broad SMARTS) is 1. The zero-order valence-electron chi connectivity index (χ0n) is 11.3. The van der Waals surface area contributed by atoms with Crippen molar-refractivity contribution in [2.75, 3.05) is 13.2 Å². The van der Waals surface area contributed by atoms with E-state index in [1.165, 1.54) is 6.42 Å². The molecule has 5 heteroatoms. The lowest BCUT2D eigenvalue weighted by Gasteiger charge is -2.22. The number of amides is 1. The Morgan fingerprint density at radius 1 is 1.16 bits per heavy atom. The average Bonchev–Trinajstić information content (AvgIpc) is 2.89. The van der Waals surface area contributed by atoms with Crippen LogP contribution in [0.4, 0.5) is 0 Å². The summed E-state index contributed by atoms with van der Waals surface area (Å²) >= 11 is 0. The third-order valence-electron chi connectivity index (χ3n) is 4.19. The zero-order valence-corrected chi connectivity index (χ0v) is 11.3. The first-order valence-corrected chi connectivity index (χ1v) is 7.29. The second-order valence-corrected chi connectivity index (χ2v) is 5.61. The molecule has 3 atom stereocenters. The van der Waals surface area contributed by atoms with Crippen LogP contribution in [0.25, 0.3) is 0 Å². The van der Waals surface area contributed by atoms with Crippen molar-refractivity contribution in [3.05, 3.63) is 0 Å².